The van der Waals surface area contributed by atoms with E-state index >= 15 is 0 Å². The number of rotatable bonds is 4. The maximum Gasteiger partial charge on any atom is -1.00 e. The Morgan fingerprint density at radius 1 is 0.522 bits per heavy atom. The van der Waals surface area contributed by atoms with E-state index < -0.39 is 20.3 Å². The van der Waals surface area contributed by atoms with Gasteiger partial charge in [-0.1, -0.05) is 0 Å². The number of fused-ring (bicyclic) bond motifs is 2. The molecule has 0 aromatic heterocycles. The van der Waals surface area contributed by atoms with Crippen LogP contribution in [0.4, 0.5) is 0 Å². The van der Waals surface area contributed by atoms with E-state index in [0.29, 0.717) is 7.25 Å². The average Bonchev–Trinajstić information content (AvgIpc) is 3.54. The molecule has 2 unspecified atom stereocenters. The van der Waals surface area contributed by atoms with E-state index in [1.54, 1.807) is 22.3 Å². The van der Waals surface area contributed by atoms with Gasteiger partial charge < -0.3 is 24.8 Å². The molecule has 1 heterocycles. The molecule has 4 aromatic rings. The van der Waals surface area contributed by atoms with Crippen LogP contribution in [0.15, 0.2) is 96.1 Å². The minimum absolute atomic E-state index is 0. The second-order valence-electron chi connectivity index (χ2n) is 16.0. The number of aryl methyl sites for hydroxylation is 2. The Kier molecular flexibility index (Phi) is 9.70. The van der Waals surface area contributed by atoms with Crippen LogP contribution in [0.2, 0.25) is 8.26 Å². The van der Waals surface area contributed by atoms with Crippen LogP contribution in [0.1, 0.15) is 88.6 Å². The summed E-state index contributed by atoms with van der Waals surface area (Å²) in [6.07, 6.45) is 6.72. The number of allylic oxidation sites excluding steroid dienone is 2. The van der Waals surface area contributed by atoms with E-state index in [2.05, 4.69) is 152 Å². The van der Waals surface area contributed by atoms with Gasteiger partial charge in [-0.05, 0) is 0 Å². The van der Waals surface area contributed by atoms with Crippen LogP contribution in [-0.2, 0) is 20.3 Å². The third kappa shape index (κ3) is 5.78. The third-order valence-corrected chi connectivity index (χ3v) is 26.0. The second kappa shape index (κ2) is 12.7. The van der Waals surface area contributed by atoms with Crippen molar-refractivity contribution in [2.24, 2.45) is 10.8 Å². The molecule has 1 aliphatic heterocycles. The number of hydrogen-bond acceptors (Lipinski definition) is 0. The summed E-state index contributed by atoms with van der Waals surface area (Å²) in [5.74, 6) is 0. The van der Waals surface area contributed by atoms with Crippen LogP contribution < -0.4 is 24.8 Å². The molecule has 0 bridgehead atoms. The largest absolute Gasteiger partial charge is 1.00 e. The first kappa shape index (κ1) is 35.1. The zero-order valence-electron chi connectivity index (χ0n) is 28.8. The molecule has 0 N–H and O–H groups in total. The zero-order valence-corrected chi connectivity index (χ0v) is 32.7. The average molecular weight is 727 g/mol. The van der Waals surface area contributed by atoms with E-state index in [1.165, 1.54) is 59.2 Å². The van der Waals surface area contributed by atoms with Crippen LogP contribution in [0, 0.1) is 24.7 Å². The number of benzene rings is 4. The summed E-state index contributed by atoms with van der Waals surface area (Å²) in [6, 6.07) is 32.9. The molecule has 0 radical (unpaired) electrons. The summed E-state index contributed by atoms with van der Waals surface area (Å²) in [4.78, 5) is 0. The van der Waals surface area contributed by atoms with Crippen molar-refractivity contribution in [3.63, 3.8) is 0 Å². The number of halogens is 2. The van der Waals surface area contributed by atoms with Gasteiger partial charge in [-0.2, -0.15) is 0 Å². The summed E-state index contributed by atoms with van der Waals surface area (Å²) in [5.41, 5.74) is 18.1. The Morgan fingerprint density at radius 3 is 1.20 bits per heavy atom. The Morgan fingerprint density at radius 2 is 0.891 bits per heavy atom. The van der Waals surface area contributed by atoms with Gasteiger partial charge in [0, 0.05) is 0 Å². The molecule has 0 nitrogen and oxygen atoms in total. The molecule has 2 atom stereocenters. The van der Waals surface area contributed by atoms with Gasteiger partial charge in [0.1, 0.15) is 0 Å². The van der Waals surface area contributed by atoms with Crippen molar-refractivity contribution in [1.82, 2.24) is 0 Å². The maximum absolute atomic E-state index is 3.00. The van der Waals surface area contributed by atoms with Gasteiger partial charge in [-0.15, -0.1) is 0 Å². The van der Waals surface area contributed by atoms with E-state index in [0.717, 1.165) is 0 Å². The predicted octanol–water partition coefficient (Wildman–Crippen LogP) is 6.71. The second-order valence-corrected chi connectivity index (χ2v) is 27.4. The van der Waals surface area contributed by atoms with Crippen LogP contribution in [0.5, 0.6) is 0 Å². The SMILES string of the molecule is Cc1ccc(-c2cccc3c2C=C(C(C)(C)C)[CH]3[Zr+2]2([CH]3C(C(C)(C)C)=Cc4c(-c5ccc(C)cc5)cccc43)[CH2]C[CH2]2)cc1.[Cl-].[Cl-]. The maximum atomic E-state index is 2.66. The zero-order chi connectivity index (χ0) is 31.0. The van der Waals surface area contributed by atoms with Crippen molar-refractivity contribution in [3.8, 4) is 22.3 Å². The van der Waals surface area contributed by atoms with E-state index in [9.17, 15) is 0 Å². The van der Waals surface area contributed by atoms with Gasteiger partial charge >= 0.3 is 272 Å². The topological polar surface area (TPSA) is 0 Å². The minimum Gasteiger partial charge on any atom is -1.00 e. The van der Waals surface area contributed by atoms with Gasteiger partial charge in [0.05, 0.1) is 0 Å². The third-order valence-electron chi connectivity index (χ3n) is 11.0. The smallest absolute Gasteiger partial charge is 1.00 e. The van der Waals surface area contributed by atoms with Crippen LogP contribution >= 0.6 is 0 Å². The Hall–Kier alpha value is -2.18. The van der Waals surface area contributed by atoms with Crippen molar-refractivity contribution in [1.29, 1.82) is 0 Å². The van der Waals surface area contributed by atoms with Crippen LogP contribution in [0.25, 0.3) is 34.4 Å². The van der Waals surface area contributed by atoms with Crippen molar-refractivity contribution < 1.29 is 45.1 Å². The van der Waals surface area contributed by atoms with Gasteiger partial charge in [-0.25, -0.2) is 0 Å². The molecular weight excluding hydrogens is 679 g/mol. The molecular formula is C43H48Cl2Zr. The molecule has 7 rings (SSSR count). The molecule has 4 aromatic carbocycles. The molecule has 3 heteroatoms. The fourth-order valence-corrected chi connectivity index (χ4v) is 25.0. The molecule has 2 aliphatic carbocycles. The van der Waals surface area contributed by atoms with Crippen molar-refractivity contribution in [2.45, 2.75) is 77.3 Å². The Balaban J connectivity index is 0.00000208. The summed E-state index contributed by atoms with van der Waals surface area (Å²) in [6.45, 7) is 19.2. The summed E-state index contributed by atoms with van der Waals surface area (Å²) in [5, 5.41) is 0. The first-order valence-electron chi connectivity index (χ1n) is 16.7. The molecule has 1 saturated heterocycles. The van der Waals surface area contributed by atoms with Crippen LogP contribution in [-0.4, -0.2) is 0 Å². The number of hydrogen-bond donors (Lipinski definition) is 0. The standard InChI is InChI=1S/2C20H21.C3H6.2ClH.Zr/c2*1-14-8-10-15(11-9-14)18-7-5-6-16-12-17(13-19(16)18)20(2,3)4;1-3-2;;;/h2*5-13H,1-4H3;1-3H2;2*1H;/q;;;;;+2/p-2. The fourth-order valence-electron chi connectivity index (χ4n) is 8.64. The molecule has 46 heavy (non-hydrogen) atoms. The minimum atomic E-state index is -3.00. The van der Waals surface area contributed by atoms with Crippen molar-refractivity contribution in [3.05, 3.63) is 129 Å². The quantitative estimate of drug-likeness (QED) is 0.220. The van der Waals surface area contributed by atoms with Gasteiger partial charge in [0.2, 0.25) is 0 Å². The Labute approximate surface area is 295 Å². The van der Waals surface area contributed by atoms with Gasteiger partial charge in [0.25, 0.3) is 0 Å². The molecule has 0 amide bonds. The summed E-state index contributed by atoms with van der Waals surface area (Å²) in [7, 11) is 0. The molecule has 3 aliphatic rings. The van der Waals surface area contributed by atoms with Crippen molar-refractivity contribution >= 4 is 12.2 Å². The van der Waals surface area contributed by atoms with Gasteiger partial charge in [-0.3, -0.25) is 0 Å². The molecule has 1 fully saturated rings. The molecule has 0 spiro atoms. The summed E-state index contributed by atoms with van der Waals surface area (Å²) >= 11 is -3.00. The van der Waals surface area contributed by atoms with Gasteiger partial charge in [0.15, 0.2) is 0 Å². The summed E-state index contributed by atoms with van der Waals surface area (Å²) < 4.78 is 4.19. The normalized spacial score (nSPS) is 18.9. The fraction of sp³-hybridized carbons (Fsp3) is 0.349. The first-order chi connectivity index (χ1) is 20.9. The Bertz CT molecular complexity index is 1680. The van der Waals surface area contributed by atoms with Crippen LogP contribution in [0.3, 0.4) is 0 Å². The van der Waals surface area contributed by atoms with E-state index in [-0.39, 0.29) is 35.6 Å². The molecule has 238 valence electrons. The monoisotopic (exact) mass is 724 g/mol. The van der Waals surface area contributed by atoms with E-state index in [1.807, 2.05) is 0 Å². The molecule has 0 saturated carbocycles. The van der Waals surface area contributed by atoms with E-state index in [4.69, 9.17) is 0 Å². The predicted molar refractivity (Wildman–Crippen MR) is 188 cm³/mol. The van der Waals surface area contributed by atoms with Crippen molar-refractivity contribution in [2.75, 3.05) is 0 Å². The first-order valence-corrected chi connectivity index (χ1v) is 23.0.